The minimum Gasteiger partial charge on any atom is -0.271 e. The summed E-state index contributed by atoms with van der Waals surface area (Å²) in [6.07, 6.45) is 1.78. The van der Waals surface area contributed by atoms with Crippen LogP contribution in [-0.2, 0) is 0 Å². The molecule has 0 bridgehead atoms. The molecule has 1 atom stereocenters. The van der Waals surface area contributed by atoms with Gasteiger partial charge in [0.15, 0.2) is 0 Å². The van der Waals surface area contributed by atoms with Crippen molar-refractivity contribution in [3.63, 3.8) is 0 Å². The third-order valence-electron chi connectivity index (χ3n) is 2.93. The average Bonchev–Trinajstić information content (AvgIpc) is 2.72. The highest BCUT2D eigenvalue weighted by Crippen LogP contribution is 2.32. The number of hydrogen-bond acceptors (Lipinski definition) is 3. The highest BCUT2D eigenvalue weighted by Gasteiger charge is 2.22. The summed E-state index contributed by atoms with van der Waals surface area (Å²) in [7, 11) is 0. The molecule has 0 saturated heterocycles. The van der Waals surface area contributed by atoms with Gasteiger partial charge in [-0.1, -0.05) is 27.5 Å². The second-order valence-electron chi connectivity index (χ2n) is 4.72. The Balaban J connectivity index is 2.55. The van der Waals surface area contributed by atoms with Gasteiger partial charge in [0.05, 0.1) is 22.4 Å². The molecule has 0 spiro atoms. The molecular weight excluding hydrogens is 407 g/mol. The molecule has 108 valence electrons. The Morgan fingerprint density at radius 2 is 2.00 bits per heavy atom. The fourth-order valence-corrected chi connectivity index (χ4v) is 3.50. The Bertz CT molecular complexity index is 592. The van der Waals surface area contributed by atoms with Gasteiger partial charge in [-0.3, -0.25) is 10.5 Å². The van der Waals surface area contributed by atoms with E-state index in [-0.39, 0.29) is 12.1 Å². The number of nitrogens with one attached hydrogen (secondary N) is 1. The van der Waals surface area contributed by atoms with Gasteiger partial charge in [-0.15, -0.1) is 0 Å². The molecule has 4 nitrogen and oxygen atoms in total. The van der Waals surface area contributed by atoms with E-state index in [1.165, 1.54) is 0 Å². The largest absolute Gasteiger partial charge is 0.271 e. The van der Waals surface area contributed by atoms with Crippen molar-refractivity contribution >= 4 is 43.5 Å². The van der Waals surface area contributed by atoms with Gasteiger partial charge in [-0.25, -0.2) is 5.43 Å². The van der Waals surface area contributed by atoms with Gasteiger partial charge in [-0.05, 0) is 53.5 Å². The van der Waals surface area contributed by atoms with E-state index in [1.807, 2.05) is 22.9 Å². The molecule has 20 heavy (non-hydrogen) atoms. The van der Waals surface area contributed by atoms with Crippen molar-refractivity contribution in [3.05, 3.63) is 49.6 Å². The van der Waals surface area contributed by atoms with E-state index < -0.39 is 0 Å². The molecule has 1 unspecified atom stereocenters. The third-order valence-corrected chi connectivity index (χ3v) is 4.22. The molecule has 1 aromatic heterocycles. The number of nitrogens with two attached hydrogens (primary N) is 1. The molecule has 1 heterocycles. The molecule has 3 N–H and O–H groups in total. The maximum absolute atomic E-state index is 6.12. The molecule has 1 aromatic carbocycles. The minimum absolute atomic E-state index is 0.204. The number of rotatable bonds is 4. The van der Waals surface area contributed by atoms with Crippen LogP contribution in [-0.4, -0.2) is 9.78 Å². The van der Waals surface area contributed by atoms with Crippen molar-refractivity contribution in [1.29, 1.82) is 0 Å². The van der Waals surface area contributed by atoms with Gasteiger partial charge in [0.25, 0.3) is 0 Å². The number of aromatic nitrogens is 2. The molecule has 2 aromatic rings. The smallest absolute Gasteiger partial charge is 0.0890 e. The van der Waals surface area contributed by atoms with Gasteiger partial charge in [0.2, 0.25) is 0 Å². The predicted molar refractivity (Wildman–Crippen MR) is 88.6 cm³/mol. The molecule has 0 radical (unpaired) electrons. The highest BCUT2D eigenvalue weighted by molar-refractivity contribution is 9.10. The first kappa shape index (κ1) is 16.0. The summed E-state index contributed by atoms with van der Waals surface area (Å²) in [5.41, 5.74) is 4.78. The van der Waals surface area contributed by atoms with Crippen LogP contribution in [0.5, 0.6) is 0 Å². The van der Waals surface area contributed by atoms with Gasteiger partial charge < -0.3 is 0 Å². The summed E-state index contributed by atoms with van der Waals surface area (Å²) in [6.45, 7) is 4.15. The summed E-state index contributed by atoms with van der Waals surface area (Å²) >= 11 is 13.1. The van der Waals surface area contributed by atoms with Crippen LogP contribution in [0.3, 0.4) is 0 Å². The summed E-state index contributed by atoms with van der Waals surface area (Å²) in [6, 6.07) is 5.74. The summed E-state index contributed by atoms with van der Waals surface area (Å²) < 4.78 is 3.75. The van der Waals surface area contributed by atoms with Gasteiger partial charge in [-0.2, -0.15) is 5.10 Å². The van der Waals surface area contributed by atoms with Crippen LogP contribution in [0, 0.1) is 0 Å². The lowest BCUT2D eigenvalue weighted by Gasteiger charge is -2.21. The highest BCUT2D eigenvalue weighted by atomic mass is 79.9. The van der Waals surface area contributed by atoms with Crippen molar-refractivity contribution in [2.24, 2.45) is 5.84 Å². The lowest BCUT2D eigenvalue weighted by atomic mass is 10.0. The quantitative estimate of drug-likeness (QED) is 0.574. The SMILES string of the molecule is CC(C)n1ncc(Br)c1C(NN)c1cc(Cl)cc(Br)c1. The topological polar surface area (TPSA) is 55.9 Å². The van der Waals surface area contributed by atoms with E-state index >= 15 is 0 Å². The first-order valence-electron chi connectivity index (χ1n) is 6.09. The van der Waals surface area contributed by atoms with Crippen LogP contribution in [0.4, 0.5) is 0 Å². The van der Waals surface area contributed by atoms with E-state index in [1.54, 1.807) is 6.20 Å². The lowest BCUT2D eigenvalue weighted by Crippen LogP contribution is -2.31. The first-order chi connectivity index (χ1) is 9.43. The van der Waals surface area contributed by atoms with Crippen LogP contribution < -0.4 is 11.3 Å². The monoisotopic (exact) mass is 420 g/mol. The van der Waals surface area contributed by atoms with Gasteiger partial charge >= 0.3 is 0 Å². The second kappa shape index (κ2) is 6.58. The fraction of sp³-hybridized carbons (Fsp3) is 0.308. The predicted octanol–water partition coefficient (Wildman–Crippen LogP) is 4.20. The van der Waals surface area contributed by atoms with E-state index in [0.29, 0.717) is 5.02 Å². The maximum atomic E-state index is 6.12. The van der Waals surface area contributed by atoms with Crippen LogP contribution >= 0.6 is 43.5 Å². The van der Waals surface area contributed by atoms with E-state index in [9.17, 15) is 0 Å². The molecular formula is C13H15Br2ClN4. The van der Waals surface area contributed by atoms with E-state index in [2.05, 4.69) is 56.2 Å². The van der Waals surface area contributed by atoms with Crippen LogP contribution in [0.15, 0.2) is 33.3 Å². The van der Waals surface area contributed by atoms with Crippen molar-refractivity contribution in [2.75, 3.05) is 0 Å². The molecule has 0 aliphatic rings. The molecule has 2 rings (SSSR count). The first-order valence-corrected chi connectivity index (χ1v) is 8.05. The van der Waals surface area contributed by atoms with Crippen LogP contribution in [0.1, 0.15) is 37.2 Å². The normalized spacial score (nSPS) is 12.9. The average molecular weight is 423 g/mol. The summed E-state index contributed by atoms with van der Waals surface area (Å²) in [5, 5.41) is 5.04. The van der Waals surface area contributed by atoms with E-state index in [0.717, 1.165) is 20.2 Å². The Hall–Kier alpha value is -0.400. The number of halogens is 3. The number of benzene rings is 1. The van der Waals surface area contributed by atoms with E-state index in [4.69, 9.17) is 17.4 Å². The lowest BCUT2D eigenvalue weighted by molar-refractivity contribution is 0.475. The Morgan fingerprint density at radius 1 is 1.30 bits per heavy atom. The number of hydrogen-bond donors (Lipinski definition) is 2. The molecule has 0 aliphatic heterocycles. The zero-order chi connectivity index (χ0) is 14.9. The number of hydrazine groups is 1. The molecule has 0 saturated carbocycles. The van der Waals surface area contributed by atoms with Crippen molar-refractivity contribution in [3.8, 4) is 0 Å². The summed E-state index contributed by atoms with van der Waals surface area (Å²) in [4.78, 5) is 0. The Kier molecular flexibility index (Phi) is 5.25. The molecule has 7 heteroatoms. The van der Waals surface area contributed by atoms with Gasteiger partial charge in [0.1, 0.15) is 0 Å². The maximum Gasteiger partial charge on any atom is 0.0890 e. The molecule has 0 aliphatic carbocycles. The van der Waals surface area contributed by atoms with Crippen LogP contribution in [0.25, 0.3) is 0 Å². The molecule has 0 amide bonds. The zero-order valence-electron chi connectivity index (χ0n) is 11.1. The van der Waals surface area contributed by atoms with Crippen LogP contribution in [0.2, 0.25) is 5.02 Å². The third kappa shape index (κ3) is 3.26. The fourth-order valence-electron chi connectivity index (χ4n) is 2.11. The van der Waals surface area contributed by atoms with Gasteiger partial charge in [0, 0.05) is 15.5 Å². The zero-order valence-corrected chi connectivity index (χ0v) is 15.0. The van der Waals surface area contributed by atoms with Crippen molar-refractivity contribution in [2.45, 2.75) is 25.9 Å². The second-order valence-corrected chi connectivity index (χ2v) is 6.92. The number of nitrogens with zero attached hydrogens (tertiary/aromatic N) is 2. The molecule has 0 fully saturated rings. The van der Waals surface area contributed by atoms with Crippen molar-refractivity contribution in [1.82, 2.24) is 15.2 Å². The summed E-state index contributed by atoms with van der Waals surface area (Å²) in [5.74, 6) is 5.76. The Morgan fingerprint density at radius 3 is 2.55 bits per heavy atom. The minimum atomic E-state index is -0.204. The Labute approximate surface area is 139 Å². The van der Waals surface area contributed by atoms with Crippen molar-refractivity contribution < 1.29 is 0 Å². The standard InChI is InChI=1S/C13H15Br2ClN4/c1-7(2)20-13(11(15)6-18-20)12(19-17)8-3-9(14)5-10(16)4-8/h3-7,12,19H,17H2,1-2H3.